The molecular weight excluding hydrogens is 330 g/mol. The molecule has 0 spiro atoms. The van der Waals surface area contributed by atoms with Crippen molar-refractivity contribution in [1.82, 2.24) is 5.32 Å². The molecule has 1 aromatic carbocycles. The van der Waals surface area contributed by atoms with Gasteiger partial charge in [0.1, 0.15) is 5.75 Å². The molecule has 132 valence electrons. The lowest BCUT2D eigenvalue weighted by Crippen LogP contribution is -2.38. The van der Waals surface area contributed by atoms with Crippen LogP contribution in [0.3, 0.4) is 0 Å². The molecule has 6 heteroatoms. The van der Waals surface area contributed by atoms with Crippen molar-refractivity contribution in [2.24, 2.45) is 11.8 Å². The number of carbonyl (C=O) groups excluding carboxylic acids is 2. The smallest absolute Gasteiger partial charge is 0.309 e. The second-order valence-corrected chi connectivity index (χ2v) is 6.47. The predicted octanol–water partition coefficient (Wildman–Crippen LogP) is 3.20. The number of esters is 1. The highest BCUT2D eigenvalue weighted by Gasteiger charge is 2.31. The summed E-state index contributed by atoms with van der Waals surface area (Å²) in [5.74, 6) is 0.505. The Kier molecular flexibility index (Phi) is 7.37. The molecule has 5 nitrogen and oxygen atoms in total. The first kappa shape index (κ1) is 18.6. The topological polar surface area (TPSA) is 64.6 Å². The van der Waals surface area contributed by atoms with Gasteiger partial charge in [0.05, 0.1) is 26.1 Å². The largest absolute Gasteiger partial charge is 0.493 e. The number of hydrogen-bond donors (Lipinski definition) is 1. The molecule has 1 N–H and O–H groups in total. The number of halogens is 1. The molecule has 2 rings (SSSR count). The maximum atomic E-state index is 11.9. The van der Waals surface area contributed by atoms with Gasteiger partial charge in [-0.1, -0.05) is 24.4 Å². The van der Waals surface area contributed by atoms with E-state index < -0.39 is 0 Å². The first-order valence-corrected chi connectivity index (χ1v) is 8.71. The fourth-order valence-electron chi connectivity index (χ4n) is 3.04. The van der Waals surface area contributed by atoms with Crippen LogP contribution in [0.25, 0.3) is 0 Å². The van der Waals surface area contributed by atoms with E-state index in [2.05, 4.69) is 5.32 Å². The number of benzene rings is 1. The number of carbonyl (C=O) groups is 2. The van der Waals surface area contributed by atoms with E-state index in [1.807, 2.05) is 0 Å². The van der Waals surface area contributed by atoms with E-state index in [-0.39, 0.29) is 30.1 Å². The lowest BCUT2D eigenvalue weighted by Gasteiger charge is -2.29. The van der Waals surface area contributed by atoms with E-state index in [1.54, 1.807) is 24.3 Å². The zero-order chi connectivity index (χ0) is 17.4. The van der Waals surface area contributed by atoms with E-state index in [9.17, 15) is 9.59 Å². The van der Waals surface area contributed by atoms with Crippen molar-refractivity contribution in [3.8, 4) is 5.75 Å². The van der Waals surface area contributed by atoms with Crippen molar-refractivity contribution in [3.05, 3.63) is 29.3 Å². The highest BCUT2D eigenvalue weighted by atomic mass is 35.5. The standard InChI is InChI=1S/C18H24ClNO4/c1-23-18(22)16-5-3-2-4-13(16)12-20-17(21)10-11-24-15-8-6-14(19)7-9-15/h6-9,13,16H,2-5,10-12H2,1H3,(H,20,21). The van der Waals surface area contributed by atoms with Gasteiger partial charge >= 0.3 is 5.97 Å². The average Bonchev–Trinajstić information content (AvgIpc) is 2.61. The van der Waals surface area contributed by atoms with Crippen LogP contribution in [0.15, 0.2) is 24.3 Å². The molecule has 1 fully saturated rings. The average molecular weight is 354 g/mol. The van der Waals surface area contributed by atoms with Gasteiger partial charge in [0.25, 0.3) is 0 Å². The van der Waals surface area contributed by atoms with Crippen LogP contribution in [0, 0.1) is 11.8 Å². The summed E-state index contributed by atoms with van der Waals surface area (Å²) in [6.45, 7) is 0.818. The van der Waals surface area contributed by atoms with E-state index in [4.69, 9.17) is 21.1 Å². The van der Waals surface area contributed by atoms with Gasteiger partial charge in [-0.25, -0.2) is 0 Å². The molecular formula is C18H24ClNO4. The number of methoxy groups -OCH3 is 1. The number of ether oxygens (including phenoxy) is 2. The van der Waals surface area contributed by atoms with E-state index >= 15 is 0 Å². The van der Waals surface area contributed by atoms with Crippen LogP contribution >= 0.6 is 11.6 Å². The maximum absolute atomic E-state index is 11.9. The van der Waals surface area contributed by atoms with E-state index in [1.165, 1.54) is 7.11 Å². The molecule has 2 unspecified atom stereocenters. The van der Waals surface area contributed by atoms with Crippen LogP contribution in [-0.4, -0.2) is 32.1 Å². The summed E-state index contributed by atoms with van der Waals surface area (Å²) in [7, 11) is 1.42. The van der Waals surface area contributed by atoms with Gasteiger partial charge in [-0.05, 0) is 43.0 Å². The molecule has 1 saturated carbocycles. The molecule has 1 aliphatic rings. The molecule has 24 heavy (non-hydrogen) atoms. The Balaban J connectivity index is 1.70. The quantitative estimate of drug-likeness (QED) is 0.764. The van der Waals surface area contributed by atoms with Gasteiger partial charge in [-0.15, -0.1) is 0 Å². The predicted molar refractivity (Wildman–Crippen MR) is 92.0 cm³/mol. The summed E-state index contributed by atoms with van der Waals surface area (Å²) in [4.78, 5) is 23.8. The summed E-state index contributed by atoms with van der Waals surface area (Å²) in [6, 6.07) is 7.02. The molecule has 0 bridgehead atoms. The molecule has 1 aromatic rings. The molecule has 2 atom stereocenters. The molecule has 0 saturated heterocycles. The summed E-state index contributed by atoms with van der Waals surface area (Å²) in [5.41, 5.74) is 0. The van der Waals surface area contributed by atoms with Crippen molar-refractivity contribution in [1.29, 1.82) is 0 Å². The Hall–Kier alpha value is -1.75. The summed E-state index contributed by atoms with van der Waals surface area (Å²) >= 11 is 5.80. The number of amides is 1. The van der Waals surface area contributed by atoms with Gasteiger partial charge in [-0.3, -0.25) is 9.59 Å². The van der Waals surface area contributed by atoms with Crippen molar-refractivity contribution >= 4 is 23.5 Å². The first-order chi connectivity index (χ1) is 11.6. The molecule has 1 amide bonds. The summed E-state index contributed by atoms with van der Waals surface area (Å²) in [5, 5.41) is 3.55. The van der Waals surface area contributed by atoms with E-state index in [0.717, 1.165) is 25.7 Å². The fraction of sp³-hybridized carbons (Fsp3) is 0.556. The highest BCUT2D eigenvalue weighted by Crippen LogP contribution is 2.30. The third kappa shape index (κ3) is 5.71. The molecule has 1 aliphatic carbocycles. The Morgan fingerprint density at radius 3 is 2.62 bits per heavy atom. The summed E-state index contributed by atoms with van der Waals surface area (Å²) in [6.07, 6.45) is 4.19. The van der Waals surface area contributed by atoms with Crippen molar-refractivity contribution in [3.63, 3.8) is 0 Å². The number of hydrogen-bond acceptors (Lipinski definition) is 4. The van der Waals surface area contributed by atoms with Crippen molar-refractivity contribution < 1.29 is 19.1 Å². The van der Waals surface area contributed by atoms with Gasteiger partial charge in [0.2, 0.25) is 5.91 Å². The minimum atomic E-state index is -0.167. The SMILES string of the molecule is COC(=O)C1CCCCC1CNC(=O)CCOc1ccc(Cl)cc1. The fourth-order valence-corrected chi connectivity index (χ4v) is 3.17. The lowest BCUT2D eigenvalue weighted by molar-refractivity contribution is -0.148. The second-order valence-electron chi connectivity index (χ2n) is 6.03. The molecule has 0 radical (unpaired) electrons. The second kappa shape index (κ2) is 9.52. The van der Waals surface area contributed by atoms with Crippen LogP contribution in [0.5, 0.6) is 5.75 Å². The normalized spacial score (nSPS) is 20.2. The Morgan fingerprint density at radius 1 is 1.21 bits per heavy atom. The van der Waals surface area contributed by atoms with Gasteiger partial charge in [-0.2, -0.15) is 0 Å². The van der Waals surface area contributed by atoms with Crippen molar-refractivity contribution in [2.75, 3.05) is 20.3 Å². The summed E-state index contributed by atoms with van der Waals surface area (Å²) < 4.78 is 10.4. The van der Waals surface area contributed by atoms with E-state index in [0.29, 0.717) is 23.9 Å². The van der Waals surface area contributed by atoms with Gasteiger partial charge in [0.15, 0.2) is 0 Å². The highest BCUT2D eigenvalue weighted by molar-refractivity contribution is 6.30. The maximum Gasteiger partial charge on any atom is 0.309 e. The third-order valence-electron chi connectivity index (χ3n) is 4.39. The Labute approximate surface area is 147 Å². The number of nitrogens with one attached hydrogen (secondary N) is 1. The van der Waals surface area contributed by atoms with Gasteiger partial charge < -0.3 is 14.8 Å². The van der Waals surface area contributed by atoms with Crippen molar-refractivity contribution in [2.45, 2.75) is 32.1 Å². The minimum Gasteiger partial charge on any atom is -0.493 e. The van der Waals surface area contributed by atoms with Gasteiger partial charge in [0, 0.05) is 11.6 Å². The number of rotatable bonds is 7. The van der Waals surface area contributed by atoms with Crippen LogP contribution in [0.1, 0.15) is 32.1 Å². The Morgan fingerprint density at radius 2 is 1.92 bits per heavy atom. The van der Waals surface area contributed by atoms with Crippen LogP contribution in [-0.2, 0) is 14.3 Å². The third-order valence-corrected chi connectivity index (χ3v) is 4.64. The minimum absolute atomic E-state index is 0.0712. The first-order valence-electron chi connectivity index (χ1n) is 8.33. The Bertz CT molecular complexity index is 546. The lowest BCUT2D eigenvalue weighted by atomic mass is 9.79. The molecule has 0 aliphatic heterocycles. The monoisotopic (exact) mass is 353 g/mol. The van der Waals surface area contributed by atoms with Crippen LogP contribution in [0.4, 0.5) is 0 Å². The molecule has 0 aromatic heterocycles. The van der Waals surface area contributed by atoms with Crippen LogP contribution in [0.2, 0.25) is 5.02 Å². The van der Waals surface area contributed by atoms with Crippen LogP contribution < -0.4 is 10.1 Å². The molecule has 0 heterocycles. The zero-order valence-electron chi connectivity index (χ0n) is 13.9. The zero-order valence-corrected chi connectivity index (χ0v) is 14.7.